The van der Waals surface area contributed by atoms with Crippen LogP contribution in [0.4, 0.5) is 0 Å². The molecule has 5 aliphatic rings. The number of likely N-dealkylation sites (tertiary alicyclic amines) is 1. The second-order valence-corrected chi connectivity index (χ2v) is 10.5. The van der Waals surface area contributed by atoms with Crippen LogP contribution in [0, 0.1) is 24.2 Å². The van der Waals surface area contributed by atoms with Gasteiger partial charge in [-0.25, -0.2) is 0 Å². The number of hydrogen-bond donors (Lipinski definition) is 1. The molecule has 29 heavy (non-hydrogen) atoms. The number of aryl methyl sites for hydroxylation is 1. The van der Waals surface area contributed by atoms with Crippen molar-refractivity contribution in [2.24, 2.45) is 17.3 Å². The van der Waals surface area contributed by atoms with Crippen molar-refractivity contribution in [3.8, 4) is 0 Å². The molecule has 4 bridgehead atoms. The molecule has 0 spiro atoms. The summed E-state index contributed by atoms with van der Waals surface area (Å²) in [6, 6.07) is 9.07. The maximum Gasteiger partial charge on any atom is 0.226 e. The maximum absolute atomic E-state index is 13.4. The molecule has 4 aliphatic carbocycles. The lowest BCUT2D eigenvalue weighted by Gasteiger charge is -2.61. The molecule has 0 aromatic heterocycles. The molecular formula is C25H34N2O2. The zero-order chi connectivity index (χ0) is 20.1. The van der Waals surface area contributed by atoms with Gasteiger partial charge in [0.15, 0.2) is 0 Å². The predicted molar refractivity (Wildman–Crippen MR) is 113 cm³/mol. The molecule has 156 valence electrons. The van der Waals surface area contributed by atoms with Gasteiger partial charge in [-0.3, -0.25) is 9.59 Å². The molecule has 4 heteroatoms. The molecule has 1 aromatic carbocycles. The van der Waals surface area contributed by atoms with Crippen LogP contribution in [0.15, 0.2) is 24.3 Å². The monoisotopic (exact) mass is 394 g/mol. The maximum atomic E-state index is 13.4. The van der Waals surface area contributed by atoms with Crippen molar-refractivity contribution in [1.82, 2.24) is 10.2 Å². The van der Waals surface area contributed by atoms with E-state index in [2.05, 4.69) is 36.5 Å². The number of carbonyl (C=O) groups is 2. The van der Waals surface area contributed by atoms with Crippen LogP contribution in [-0.4, -0.2) is 36.3 Å². The van der Waals surface area contributed by atoms with Crippen molar-refractivity contribution < 1.29 is 9.59 Å². The largest absolute Gasteiger partial charge is 0.355 e. The summed E-state index contributed by atoms with van der Waals surface area (Å²) >= 11 is 0. The first kappa shape index (κ1) is 19.1. The molecule has 0 radical (unpaired) electrons. The standard InChI is InChI=1S/C25H34N2O2/c1-18-4-6-21(7-5-18)24-13-19-12-20(14-24)16-25(15-19,17-24)23(29)26-9-8-22(28)27-10-2-3-11-27/h4-7,19-20H,2-3,8-17H2,1H3,(H,26,29). The summed E-state index contributed by atoms with van der Waals surface area (Å²) in [5, 5.41) is 3.19. The molecule has 5 fully saturated rings. The summed E-state index contributed by atoms with van der Waals surface area (Å²) in [7, 11) is 0. The van der Waals surface area contributed by atoms with Crippen LogP contribution < -0.4 is 5.32 Å². The molecule has 1 saturated heterocycles. The van der Waals surface area contributed by atoms with Gasteiger partial charge in [-0.15, -0.1) is 0 Å². The highest BCUT2D eigenvalue weighted by Crippen LogP contribution is 2.65. The van der Waals surface area contributed by atoms with Gasteiger partial charge in [0.05, 0.1) is 5.41 Å². The molecule has 4 saturated carbocycles. The van der Waals surface area contributed by atoms with E-state index in [1.807, 2.05) is 4.90 Å². The summed E-state index contributed by atoms with van der Waals surface area (Å²) in [6.07, 6.45) is 9.54. The van der Waals surface area contributed by atoms with E-state index in [1.165, 1.54) is 30.4 Å². The fourth-order valence-corrected chi connectivity index (χ4v) is 7.37. The first-order valence-corrected chi connectivity index (χ1v) is 11.6. The quantitative estimate of drug-likeness (QED) is 0.822. The van der Waals surface area contributed by atoms with Crippen LogP contribution in [0.5, 0.6) is 0 Å². The van der Waals surface area contributed by atoms with Crippen molar-refractivity contribution in [3.63, 3.8) is 0 Å². The van der Waals surface area contributed by atoms with E-state index in [-0.39, 0.29) is 22.6 Å². The first-order chi connectivity index (χ1) is 14.0. The third-order valence-electron chi connectivity index (χ3n) is 8.29. The fraction of sp³-hybridized carbons (Fsp3) is 0.680. The molecule has 1 aromatic rings. The van der Waals surface area contributed by atoms with E-state index < -0.39 is 0 Å². The lowest BCUT2D eigenvalue weighted by atomic mass is 9.42. The van der Waals surface area contributed by atoms with Crippen molar-refractivity contribution in [2.45, 2.75) is 70.1 Å². The van der Waals surface area contributed by atoms with Crippen LogP contribution in [0.2, 0.25) is 0 Å². The van der Waals surface area contributed by atoms with Crippen molar-refractivity contribution in [1.29, 1.82) is 0 Å². The number of benzene rings is 1. The highest BCUT2D eigenvalue weighted by molar-refractivity contribution is 5.84. The predicted octanol–water partition coefficient (Wildman–Crippen LogP) is 3.96. The van der Waals surface area contributed by atoms with E-state index in [9.17, 15) is 9.59 Å². The van der Waals surface area contributed by atoms with Crippen molar-refractivity contribution >= 4 is 11.8 Å². The Balaban J connectivity index is 1.28. The van der Waals surface area contributed by atoms with Crippen LogP contribution in [0.3, 0.4) is 0 Å². The second-order valence-electron chi connectivity index (χ2n) is 10.5. The van der Waals surface area contributed by atoms with Crippen LogP contribution in [0.1, 0.15) is 68.9 Å². The van der Waals surface area contributed by atoms with Gasteiger partial charge in [0.2, 0.25) is 11.8 Å². The normalized spacial score (nSPS) is 35.1. The molecule has 1 heterocycles. The zero-order valence-corrected chi connectivity index (χ0v) is 17.7. The second kappa shape index (κ2) is 7.14. The third kappa shape index (κ3) is 3.39. The summed E-state index contributed by atoms with van der Waals surface area (Å²) in [4.78, 5) is 27.7. The van der Waals surface area contributed by atoms with Crippen molar-refractivity contribution in [3.05, 3.63) is 35.4 Å². The first-order valence-electron chi connectivity index (χ1n) is 11.6. The van der Waals surface area contributed by atoms with Gasteiger partial charge >= 0.3 is 0 Å². The number of amides is 2. The highest BCUT2D eigenvalue weighted by atomic mass is 16.2. The zero-order valence-electron chi connectivity index (χ0n) is 17.7. The third-order valence-corrected chi connectivity index (χ3v) is 8.29. The molecular weight excluding hydrogens is 360 g/mol. The molecule has 2 amide bonds. The van der Waals surface area contributed by atoms with Gasteiger partial charge in [0, 0.05) is 26.1 Å². The molecule has 2 unspecified atom stereocenters. The van der Waals surface area contributed by atoms with E-state index in [1.54, 1.807) is 0 Å². The lowest BCUT2D eigenvalue weighted by molar-refractivity contribution is -0.149. The summed E-state index contributed by atoms with van der Waals surface area (Å²) in [6.45, 7) is 4.41. The smallest absolute Gasteiger partial charge is 0.226 e. The van der Waals surface area contributed by atoms with Gasteiger partial charge in [-0.05, 0) is 81.1 Å². The Hall–Kier alpha value is -1.84. The lowest BCUT2D eigenvalue weighted by Crippen LogP contribution is -2.59. The number of hydrogen-bond acceptors (Lipinski definition) is 2. The molecule has 2 atom stereocenters. The Labute approximate surface area is 174 Å². The molecule has 6 rings (SSSR count). The van der Waals surface area contributed by atoms with Crippen LogP contribution in [0.25, 0.3) is 0 Å². The fourth-order valence-electron chi connectivity index (χ4n) is 7.37. The summed E-state index contributed by atoms with van der Waals surface area (Å²) < 4.78 is 0. The minimum atomic E-state index is -0.217. The highest BCUT2D eigenvalue weighted by Gasteiger charge is 2.60. The number of rotatable bonds is 5. The minimum Gasteiger partial charge on any atom is -0.355 e. The van der Waals surface area contributed by atoms with Crippen LogP contribution in [-0.2, 0) is 15.0 Å². The van der Waals surface area contributed by atoms with Gasteiger partial charge in [0.25, 0.3) is 0 Å². The summed E-state index contributed by atoms with van der Waals surface area (Å²) in [5.41, 5.74) is 2.71. The molecule has 4 nitrogen and oxygen atoms in total. The Bertz CT molecular complexity index is 780. The van der Waals surface area contributed by atoms with Gasteiger partial charge in [-0.1, -0.05) is 29.8 Å². The number of nitrogens with one attached hydrogen (secondary N) is 1. The van der Waals surface area contributed by atoms with Gasteiger partial charge < -0.3 is 10.2 Å². The topological polar surface area (TPSA) is 49.4 Å². The Morgan fingerprint density at radius 3 is 2.34 bits per heavy atom. The van der Waals surface area contributed by atoms with Gasteiger partial charge in [-0.2, -0.15) is 0 Å². The molecule has 1 N–H and O–H groups in total. The molecule has 1 aliphatic heterocycles. The van der Waals surface area contributed by atoms with Gasteiger partial charge in [0.1, 0.15) is 0 Å². The van der Waals surface area contributed by atoms with E-state index in [0.29, 0.717) is 24.8 Å². The van der Waals surface area contributed by atoms with Crippen molar-refractivity contribution in [2.75, 3.05) is 19.6 Å². The average Bonchev–Trinajstić information content (AvgIpc) is 3.22. The van der Waals surface area contributed by atoms with E-state index in [4.69, 9.17) is 0 Å². The Morgan fingerprint density at radius 2 is 1.69 bits per heavy atom. The minimum absolute atomic E-state index is 0.181. The number of nitrogens with zero attached hydrogens (tertiary/aromatic N) is 1. The Kier molecular flexibility index (Phi) is 4.71. The average molecular weight is 395 g/mol. The van der Waals surface area contributed by atoms with E-state index >= 15 is 0 Å². The summed E-state index contributed by atoms with van der Waals surface area (Å²) in [5.74, 6) is 1.77. The Morgan fingerprint density at radius 1 is 1.03 bits per heavy atom. The number of carbonyl (C=O) groups excluding carboxylic acids is 2. The van der Waals surface area contributed by atoms with Crippen LogP contribution >= 0.6 is 0 Å². The SMILES string of the molecule is Cc1ccc(C23CC4CC(CC(C(=O)NCCC(=O)N5CCCC5)(C4)C2)C3)cc1. The van der Waals surface area contributed by atoms with E-state index in [0.717, 1.165) is 45.2 Å².